The van der Waals surface area contributed by atoms with E-state index in [2.05, 4.69) is 75.8 Å². The minimum Gasteiger partial charge on any atom is -0.329 e. The van der Waals surface area contributed by atoms with Gasteiger partial charge in [0.05, 0.1) is 5.69 Å². The maximum atomic E-state index is 9.15. The molecule has 1 N–H and O–H groups in total. The average molecular weight is 428 g/mol. The Balaban J connectivity index is 1.84. The minimum atomic E-state index is 0.117. The van der Waals surface area contributed by atoms with Gasteiger partial charge in [-0.25, -0.2) is 4.98 Å². The number of nitrogens with zero attached hydrogens (tertiary/aromatic N) is 2. The molecule has 0 spiro atoms. The first-order valence-corrected chi connectivity index (χ1v) is 11.9. The van der Waals surface area contributed by atoms with Crippen molar-refractivity contribution in [3.63, 3.8) is 0 Å². The highest BCUT2D eigenvalue weighted by Gasteiger charge is 2.38. The van der Waals surface area contributed by atoms with Crippen LogP contribution in [0.1, 0.15) is 83.4 Å². The molecule has 0 radical (unpaired) electrons. The molecule has 0 bridgehead atoms. The van der Waals surface area contributed by atoms with Gasteiger partial charge in [0.25, 0.3) is 0 Å². The highest BCUT2D eigenvalue weighted by molar-refractivity contribution is 6.05. The summed E-state index contributed by atoms with van der Waals surface area (Å²) in [6.45, 7) is 11.6. The molecule has 0 saturated carbocycles. The number of fused-ring (bicyclic) bond motifs is 1. The van der Waals surface area contributed by atoms with E-state index in [1.54, 1.807) is 0 Å². The summed E-state index contributed by atoms with van der Waals surface area (Å²) in [5, 5.41) is 9.15. The van der Waals surface area contributed by atoms with Gasteiger partial charge in [0.15, 0.2) is 0 Å². The maximum Gasteiger partial charge on any atom is 0.132 e. The van der Waals surface area contributed by atoms with Crippen molar-refractivity contribution < 1.29 is 0 Å². The molecule has 0 unspecified atom stereocenters. The highest BCUT2D eigenvalue weighted by Crippen LogP contribution is 2.48. The summed E-state index contributed by atoms with van der Waals surface area (Å²) < 4.78 is 0. The Labute approximate surface area is 193 Å². The van der Waals surface area contributed by atoms with E-state index in [0.717, 1.165) is 29.9 Å². The summed E-state index contributed by atoms with van der Waals surface area (Å²) in [4.78, 5) is 6.75. The summed E-state index contributed by atoms with van der Waals surface area (Å²) >= 11 is 0. The molecule has 1 aromatic heterocycles. The molecule has 1 heterocycles. The molecule has 0 aliphatic heterocycles. The molecule has 0 saturated heterocycles. The maximum absolute atomic E-state index is 9.15. The molecule has 3 heteroatoms. The molecule has 0 fully saturated rings. The van der Waals surface area contributed by atoms with Crippen molar-refractivity contribution in [1.29, 1.82) is 5.41 Å². The van der Waals surface area contributed by atoms with E-state index in [1.165, 1.54) is 35.1 Å². The van der Waals surface area contributed by atoms with Gasteiger partial charge in [-0.05, 0) is 78.8 Å². The van der Waals surface area contributed by atoms with Crippen molar-refractivity contribution >= 4 is 17.2 Å². The Kier molecular flexibility index (Phi) is 5.87. The Morgan fingerprint density at radius 3 is 2.28 bits per heavy atom. The summed E-state index contributed by atoms with van der Waals surface area (Å²) in [6, 6.07) is 10.7. The summed E-state index contributed by atoms with van der Waals surface area (Å²) in [7, 11) is 2.08. The fraction of sp³-hybridized carbons (Fsp3) is 0.448. The molecule has 4 rings (SSSR count). The molecule has 3 nitrogen and oxygen atoms in total. The van der Waals surface area contributed by atoms with Crippen molar-refractivity contribution in [1.82, 2.24) is 4.98 Å². The van der Waals surface area contributed by atoms with Crippen LogP contribution in [0.2, 0.25) is 0 Å². The zero-order valence-corrected chi connectivity index (χ0v) is 20.5. The van der Waals surface area contributed by atoms with Crippen LogP contribution >= 0.6 is 0 Å². The van der Waals surface area contributed by atoms with Gasteiger partial charge in [-0.15, -0.1) is 0 Å². The molecule has 2 aliphatic carbocycles. The van der Waals surface area contributed by atoms with Gasteiger partial charge in [0, 0.05) is 30.9 Å². The molecular weight excluding hydrogens is 390 g/mol. The molecule has 168 valence electrons. The second-order valence-electron chi connectivity index (χ2n) is 10.9. The number of allylic oxidation sites excluding steroid dienone is 4. The molecule has 2 aliphatic rings. The van der Waals surface area contributed by atoms with Gasteiger partial charge >= 0.3 is 0 Å². The minimum absolute atomic E-state index is 0.117. The number of hydrogen-bond acceptors (Lipinski definition) is 3. The lowest BCUT2D eigenvalue weighted by molar-refractivity contribution is 0.332. The second-order valence-corrected chi connectivity index (χ2v) is 10.9. The van der Waals surface area contributed by atoms with Crippen molar-refractivity contribution in [2.45, 2.75) is 77.6 Å². The van der Waals surface area contributed by atoms with Gasteiger partial charge in [-0.1, -0.05) is 57.1 Å². The molecular formula is C29H37N3. The Bertz CT molecular complexity index is 1090. The van der Waals surface area contributed by atoms with Gasteiger partial charge < -0.3 is 10.3 Å². The average Bonchev–Trinajstić information content (AvgIpc) is 2.78. The van der Waals surface area contributed by atoms with Crippen LogP contribution in [0.4, 0.5) is 11.5 Å². The van der Waals surface area contributed by atoms with Crippen LogP contribution < -0.4 is 4.90 Å². The Morgan fingerprint density at radius 1 is 1.00 bits per heavy atom. The third-order valence-corrected chi connectivity index (χ3v) is 7.50. The molecule has 32 heavy (non-hydrogen) atoms. The number of hydrogen-bond donors (Lipinski definition) is 1. The van der Waals surface area contributed by atoms with E-state index in [9.17, 15) is 0 Å². The Hall–Kier alpha value is -2.68. The summed E-state index contributed by atoms with van der Waals surface area (Å²) in [6.07, 6.45) is 11.5. The molecule has 0 amide bonds. The van der Waals surface area contributed by atoms with E-state index in [4.69, 9.17) is 5.41 Å². The van der Waals surface area contributed by atoms with Gasteiger partial charge in [-0.2, -0.15) is 0 Å². The fourth-order valence-electron chi connectivity index (χ4n) is 5.05. The zero-order valence-electron chi connectivity index (χ0n) is 20.5. The smallest absolute Gasteiger partial charge is 0.132 e. The van der Waals surface area contributed by atoms with Crippen LogP contribution in [-0.2, 0) is 10.8 Å². The summed E-state index contributed by atoms with van der Waals surface area (Å²) in [5.74, 6) is 0.907. The Morgan fingerprint density at radius 2 is 1.69 bits per heavy atom. The number of nitrogens with one attached hydrogen (secondary N) is 1. The first-order chi connectivity index (χ1) is 15.1. The van der Waals surface area contributed by atoms with Crippen LogP contribution in [-0.4, -0.2) is 17.7 Å². The van der Waals surface area contributed by atoms with E-state index >= 15 is 0 Å². The van der Waals surface area contributed by atoms with E-state index in [1.807, 2.05) is 24.4 Å². The van der Waals surface area contributed by atoms with Crippen LogP contribution in [0.15, 0.2) is 59.8 Å². The number of rotatable bonds is 5. The van der Waals surface area contributed by atoms with Crippen molar-refractivity contribution in [3.8, 4) is 0 Å². The monoisotopic (exact) mass is 427 g/mol. The largest absolute Gasteiger partial charge is 0.329 e. The third kappa shape index (κ3) is 4.30. The number of pyridine rings is 1. The van der Waals surface area contributed by atoms with Crippen molar-refractivity contribution in [2.24, 2.45) is 0 Å². The molecule has 0 atom stereocenters. The van der Waals surface area contributed by atoms with E-state index in [-0.39, 0.29) is 10.8 Å². The lowest BCUT2D eigenvalue weighted by Gasteiger charge is -2.43. The van der Waals surface area contributed by atoms with Crippen LogP contribution in [0.5, 0.6) is 0 Å². The van der Waals surface area contributed by atoms with Crippen LogP contribution in [0, 0.1) is 5.41 Å². The zero-order chi connectivity index (χ0) is 23.1. The first kappa shape index (κ1) is 22.5. The normalized spacial score (nSPS) is 18.9. The predicted molar refractivity (Wildman–Crippen MR) is 137 cm³/mol. The van der Waals surface area contributed by atoms with Gasteiger partial charge in [0.2, 0.25) is 0 Å². The van der Waals surface area contributed by atoms with E-state index in [0.29, 0.717) is 12.1 Å². The van der Waals surface area contributed by atoms with Crippen molar-refractivity contribution in [3.05, 3.63) is 76.5 Å². The van der Waals surface area contributed by atoms with E-state index < -0.39 is 0 Å². The number of aromatic nitrogens is 1. The molecule has 1 aromatic carbocycles. The first-order valence-electron chi connectivity index (χ1n) is 11.9. The summed E-state index contributed by atoms with van der Waals surface area (Å²) in [5.41, 5.74) is 8.66. The highest BCUT2D eigenvalue weighted by atomic mass is 15.2. The van der Waals surface area contributed by atoms with Crippen LogP contribution in [0.25, 0.3) is 0 Å². The lowest BCUT2D eigenvalue weighted by atomic mass is 9.62. The lowest BCUT2D eigenvalue weighted by Crippen LogP contribution is -2.34. The van der Waals surface area contributed by atoms with Crippen LogP contribution in [0.3, 0.4) is 0 Å². The number of anilines is 2. The number of benzene rings is 1. The SMILES string of the molecule is CC1=CC=C(CC(=N)c2cc3c(cc2N(C)c2ccccn2)C(C)(C)CCC3(C)C)CC1. The standard InChI is InChI=1S/C29H37N3/c1-20-10-12-21(13-11-20)17-25(30)22-18-23-24(29(4,5)15-14-28(23,2)3)19-26(22)32(6)27-9-7-8-16-31-27/h7-10,12,16,18-19,30H,11,13-15,17H2,1-6H3. The topological polar surface area (TPSA) is 40.0 Å². The van der Waals surface area contributed by atoms with Gasteiger partial charge in [0.1, 0.15) is 5.82 Å². The molecule has 2 aromatic rings. The third-order valence-electron chi connectivity index (χ3n) is 7.50. The second kappa shape index (κ2) is 8.35. The van der Waals surface area contributed by atoms with Crippen molar-refractivity contribution in [2.75, 3.05) is 11.9 Å². The quantitative estimate of drug-likeness (QED) is 0.498. The fourth-order valence-corrected chi connectivity index (χ4v) is 5.05. The predicted octanol–water partition coefficient (Wildman–Crippen LogP) is 7.62. The van der Waals surface area contributed by atoms with Gasteiger partial charge in [-0.3, -0.25) is 0 Å².